The number of anilines is 1. The molecule has 20 heavy (non-hydrogen) atoms. The predicted molar refractivity (Wildman–Crippen MR) is 86.0 cm³/mol. The van der Waals surface area contributed by atoms with Crippen molar-refractivity contribution in [3.63, 3.8) is 0 Å². The second-order valence-corrected chi connectivity index (χ2v) is 6.65. The monoisotopic (exact) mass is 275 g/mol. The van der Waals surface area contributed by atoms with E-state index in [9.17, 15) is 0 Å². The lowest BCUT2D eigenvalue weighted by Crippen LogP contribution is -2.30. The van der Waals surface area contributed by atoms with Gasteiger partial charge < -0.3 is 10.2 Å². The SMILES string of the molecule is CC(C)CCN(c1cnccc1CNC(C)C)C1CC1. The van der Waals surface area contributed by atoms with Crippen molar-refractivity contribution in [2.75, 3.05) is 11.4 Å². The molecule has 112 valence electrons. The maximum Gasteiger partial charge on any atom is 0.0600 e. The van der Waals surface area contributed by atoms with Crippen LogP contribution in [-0.2, 0) is 6.54 Å². The lowest BCUT2D eigenvalue weighted by Gasteiger charge is -2.28. The van der Waals surface area contributed by atoms with Crippen molar-refractivity contribution >= 4 is 5.69 Å². The molecule has 0 saturated heterocycles. The summed E-state index contributed by atoms with van der Waals surface area (Å²) in [7, 11) is 0. The van der Waals surface area contributed by atoms with Crippen LogP contribution in [0.3, 0.4) is 0 Å². The number of aromatic nitrogens is 1. The normalized spacial score (nSPS) is 15.1. The van der Waals surface area contributed by atoms with E-state index >= 15 is 0 Å². The molecule has 0 aromatic carbocycles. The third-order valence-corrected chi connectivity index (χ3v) is 3.83. The first-order valence-electron chi connectivity index (χ1n) is 8.01. The number of hydrogen-bond acceptors (Lipinski definition) is 3. The Morgan fingerprint density at radius 3 is 2.65 bits per heavy atom. The van der Waals surface area contributed by atoms with Crippen molar-refractivity contribution in [1.29, 1.82) is 0 Å². The van der Waals surface area contributed by atoms with Gasteiger partial charge in [-0.15, -0.1) is 0 Å². The number of rotatable bonds is 8. The van der Waals surface area contributed by atoms with E-state index in [1.165, 1.54) is 30.5 Å². The van der Waals surface area contributed by atoms with Crippen LogP contribution >= 0.6 is 0 Å². The lowest BCUT2D eigenvalue weighted by atomic mass is 10.1. The first-order chi connectivity index (χ1) is 9.58. The van der Waals surface area contributed by atoms with E-state index in [2.05, 4.69) is 55.2 Å². The molecule has 0 bridgehead atoms. The van der Waals surface area contributed by atoms with Gasteiger partial charge in [0, 0.05) is 31.4 Å². The second kappa shape index (κ2) is 7.07. The van der Waals surface area contributed by atoms with Crippen LogP contribution in [0.15, 0.2) is 18.5 Å². The summed E-state index contributed by atoms with van der Waals surface area (Å²) in [6.45, 7) is 11.1. The molecule has 1 aliphatic carbocycles. The van der Waals surface area contributed by atoms with Gasteiger partial charge in [0.25, 0.3) is 0 Å². The highest BCUT2D eigenvalue weighted by atomic mass is 15.2. The quantitative estimate of drug-likeness (QED) is 0.786. The molecule has 0 aliphatic heterocycles. The molecule has 2 rings (SSSR count). The summed E-state index contributed by atoms with van der Waals surface area (Å²) in [5.74, 6) is 0.755. The Labute approximate surface area is 123 Å². The van der Waals surface area contributed by atoms with Crippen molar-refractivity contribution < 1.29 is 0 Å². The largest absolute Gasteiger partial charge is 0.367 e. The fraction of sp³-hybridized carbons (Fsp3) is 0.706. The van der Waals surface area contributed by atoms with Gasteiger partial charge in [-0.2, -0.15) is 0 Å². The maximum atomic E-state index is 4.36. The van der Waals surface area contributed by atoms with Gasteiger partial charge in [-0.1, -0.05) is 27.7 Å². The molecular formula is C17H29N3. The molecule has 1 saturated carbocycles. The molecule has 0 amide bonds. The molecule has 1 fully saturated rings. The third-order valence-electron chi connectivity index (χ3n) is 3.83. The van der Waals surface area contributed by atoms with Crippen LogP contribution in [-0.4, -0.2) is 23.6 Å². The molecule has 0 spiro atoms. The zero-order valence-electron chi connectivity index (χ0n) is 13.4. The fourth-order valence-corrected chi connectivity index (χ4v) is 2.42. The molecule has 1 aliphatic rings. The summed E-state index contributed by atoms with van der Waals surface area (Å²) in [4.78, 5) is 6.95. The van der Waals surface area contributed by atoms with Gasteiger partial charge in [-0.25, -0.2) is 0 Å². The topological polar surface area (TPSA) is 28.2 Å². The zero-order valence-corrected chi connectivity index (χ0v) is 13.4. The van der Waals surface area contributed by atoms with Gasteiger partial charge in [0.2, 0.25) is 0 Å². The Morgan fingerprint density at radius 2 is 2.05 bits per heavy atom. The molecule has 1 aromatic rings. The number of nitrogens with zero attached hydrogens (tertiary/aromatic N) is 2. The third kappa shape index (κ3) is 4.48. The van der Waals surface area contributed by atoms with Gasteiger partial charge in [0.05, 0.1) is 11.9 Å². The minimum atomic E-state index is 0.515. The van der Waals surface area contributed by atoms with E-state index < -0.39 is 0 Å². The predicted octanol–water partition coefficient (Wildman–Crippen LogP) is 3.59. The minimum Gasteiger partial charge on any atom is -0.367 e. The molecule has 0 radical (unpaired) electrons. The highest BCUT2D eigenvalue weighted by Gasteiger charge is 2.30. The minimum absolute atomic E-state index is 0.515. The van der Waals surface area contributed by atoms with E-state index in [0.29, 0.717) is 6.04 Å². The number of pyridine rings is 1. The van der Waals surface area contributed by atoms with Crippen molar-refractivity contribution in [2.45, 2.75) is 65.6 Å². The van der Waals surface area contributed by atoms with Gasteiger partial charge in [0.15, 0.2) is 0 Å². The summed E-state index contributed by atoms with van der Waals surface area (Å²) >= 11 is 0. The Kier molecular flexibility index (Phi) is 5.41. The lowest BCUT2D eigenvalue weighted by molar-refractivity contribution is 0.564. The zero-order chi connectivity index (χ0) is 14.5. The van der Waals surface area contributed by atoms with E-state index in [0.717, 1.165) is 25.0 Å². The molecule has 1 N–H and O–H groups in total. The summed E-state index contributed by atoms with van der Waals surface area (Å²) in [6.07, 6.45) is 7.89. The molecule has 1 heterocycles. The van der Waals surface area contributed by atoms with Crippen molar-refractivity contribution in [3.05, 3.63) is 24.0 Å². The van der Waals surface area contributed by atoms with Gasteiger partial charge in [-0.3, -0.25) is 4.98 Å². The smallest absolute Gasteiger partial charge is 0.0600 e. The van der Waals surface area contributed by atoms with Gasteiger partial charge >= 0.3 is 0 Å². The summed E-state index contributed by atoms with van der Waals surface area (Å²) in [5.41, 5.74) is 2.72. The van der Waals surface area contributed by atoms with Crippen molar-refractivity contribution in [3.8, 4) is 0 Å². The number of hydrogen-bond donors (Lipinski definition) is 1. The summed E-state index contributed by atoms with van der Waals surface area (Å²) in [5, 5.41) is 3.53. The van der Waals surface area contributed by atoms with Crippen molar-refractivity contribution in [1.82, 2.24) is 10.3 Å². The molecule has 0 unspecified atom stereocenters. The van der Waals surface area contributed by atoms with E-state index in [4.69, 9.17) is 0 Å². The van der Waals surface area contributed by atoms with Crippen LogP contribution in [0.5, 0.6) is 0 Å². The highest BCUT2D eigenvalue weighted by molar-refractivity contribution is 5.53. The van der Waals surface area contributed by atoms with Crippen LogP contribution in [0.2, 0.25) is 0 Å². The van der Waals surface area contributed by atoms with Crippen LogP contribution in [0.4, 0.5) is 5.69 Å². The first-order valence-corrected chi connectivity index (χ1v) is 8.01. The van der Waals surface area contributed by atoms with Crippen LogP contribution in [0.25, 0.3) is 0 Å². The van der Waals surface area contributed by atoms with Gasteiger partial charge in [-0.05, 0) is 36.8 Å². The van der Waals surface area contributed by atoms with E-state index in [-0.39, 0.29) is 0 Å². The van der Waals surface area contributed by atoms with Crippen molar-refractivity contribution in [2.24, 2.45) is 5.92 Å². The van der Waals surface area contributed by atoms with Crippen LogP contribution in [0, 0.1) is 5.92 Å². The van der Waals surface area contributed by atoms with E-state index in [1.54, 1.807) is 0 Å². The highest BCUT2D eigenvalue weighted by Crippen LogP contribution is 2.33. The first kappa shape index (κ1) is 15.3. The molecule has 1 aromatic heterocycles. The van der Waals surface area contributed by atoms with Gasteiger partial charge in [0.1, 0.15) is 0 Å². The molecular weight excluding hydrogens is 246 g/mol. The summed E-state index contributed by atoms with van der Waals surface area (Å²) < 4.78 is 0. The fourth-order valence-electron chi connectivity index (χ4n) is 2.42. The number of nitrogens with one attached hydrogen (secondary N) is 1. The molecule has 3 nitrogen and oxygen atoms in total. The average Bonchev–Trinajstić information content (AvgIpc) is 3.22. The Bertz CT molecular complexity index is 410. The Morgan fingerprint density at radius 1 is 1.30 bits per heavy atom. The van der Waals surface area contributed by atoms with Crippen LogP contribution < -0.4 is 10.2 Å². The summed E-state index contributed by atoms with van der Waals surface area (Å²) in [6, 6.07) is 3.42. The van der Waals surface area contributed by atoms with Crippen LogP contribution in [0.1, 0.15) is 52.5 Å². The molecule has 0 atom stereocenters. The van der Waals surface area contributed by atoms with E-state index in [1.807, 2.05) is 6.20 Å². The standard InChI is InChI=1S/C17H29N3/c1-13(2)8-10-20(16-5-6-16)17-12-18-9-7-15(17)11-19-14(3)4/h7,9,12-14,16,19H,5-6,8,10-11H2,1-4H3. The molecule has 3 heteroatoms. The maximum absolute atomic E-state index is 4.36. The Balaban J connectivity index is 2.10. The average molecular weight is 275 g/mol. The Hall–Kier alpha value is -1.09. The second-order valence-electron chi connectivity index (χ2n) is 6.65.